The maximum atomic E-state index is 7.64. The van der Waals surface area contributed by atoms with Gasteiger partial charge in [0.05, 0.1) is 6.57 Å². The Morgan fingerprint density at radius 2 is 0.897 bits per heavy atom. The molecule has 0 N–H and O–H groups in total. The minimum atomic E-state index is 0.329. The number of nitrogens with zero attached hydrogens (tertiary/aromatic N) is 4. The Labute approximate surface area is 340 Å². The normalized spacial score (nSPS) is 20.6. The van der Waals surface area contributed by atoms with Crippen molar-refractivity contribution in [2.24, 2.45) is 17.8 Å². The third-order valence-corrected chi connectivity index (χ3v) is 13.3. The van der Waals surface area contributed by atoms with E-state index in [9.17, 15) is 0 Å². The number of fused-ring (bicyclic) bond motifs is 1. The second-order valence-electron chi connectivity index (χ2n) is 17.0. The zero-order valence-electron chi connectivity index (χ0n) is 32.4. The van der Waals surface area contributed by atoms with Gasteiger partial charge in [0.25, 0.3) is 0 Å². The zero-order chi connectivity index (χ0) is 38.6. The Morgan fingerprint density at radius 3 is 1.52 bits per heavy atom. The molecule has 0 amide bonds. The van der Waals surface area contributed by atoms with Crippen molar-refractivity contribution < 1.29 is 0 Å². The molecular formula is C54H42N4. The van der Waals surface area contributed by atoms with Crippen LogP contribution < -0.4 is 0 Å². The molecule has 0 aliphatic heterocycles. The summed E-state index contributed by atoms with van der Waals surface area (Å²) in [6, 6.07) is 57.8. The van der Waals surface area contributed by atoms with Crippen LogP contribution in [-0.4, -0.2) is 15.0 Å². The van der Waals surface area contributed by atoms with E-state index in [1.807, 2.05) is 12.1 Å². The number of hydrogen-bond donors (Lipinski definition) is 0. The topological polar surface area (TPSA) is 43.0 Å². The molecule has 7 aromatic carbocycles. The molecule has 58 heavy (non-hydrogen) atoms. The fourth-order valence-corrected chi connectivity index (χ4v) is 10.9. The van der Waals surface area contributed by atoms with E-state index in [0.717, 1.165) is 78.6 Å². The van der Waals surface area contributed by atoms with E-state index in [1.54, 1.807) is 0 Å². The standard InChI is InChI=1S/C54H42N4/c1-55-50-17-9-15-43-27-42(20-23-49(43)50)41-14-8-16-44(28-41)52-56-51(40-18-21-48(22-19-40)54-32-35-24-36(33-54)26-37(25-35)34-54)57-53(58-52)47-30-45(38-10-4-2-5-11-38)29-46(31-47)39-12-6-3-7-13-39/h2-23,27-31,35-37H,24-26,32-34H2. The average molecular weight is 747 g/mol. The molecule has 0 saturated heterocycles. The number of rotatable bonds is 7. The van der Waals surface area contributed by atoms with Crippen molar-refractivity contribution in [3.05, 3.63) is 181 Å². The fourth-order valence-electron chi connectivity index (χ4n) is 10.9. The van der Waals surface area contributed by atoms with Gasteiger partial charge in [-0.25, -0.2) is 19.8 Å². The second-order valence-corrected chi connectivity index (χ2v) is 17.0. The molecular weight excluding hydrogens is 705 g/mol. The Hall–Kier alpha value is -6.70. The maximum absolute atomic E-state index is 7.64. The molecule has 4 aliphatic carbocycles. The van der Waals surface area contributed by atoms with Crippen LogP contribution in [0.25, 0.3) is 83.2 Å². The van der Waals surface area contributed by atoms with E-state index >= 15 is 0 Å². The molecule has 4 heteroatoms. The smallest absolute Gasteiger partial charge is 0.194 e. The first-order valence-electron chi connectivity index (χ1n) is 20.7. The van der Waals surface area contributed by atoms with E-state index in [1.165, 1.54) is 44.1 Å². The minimum Gasteiger partial charge on any atom is -0.238 e. The summed E-state index contributed by atoms with van der Waals surface area (Å²) in [5.41, 5.74) is 12.0. The molecule has 4 bridgehead atoms. The van der Waals surface area contributed by atoms with Gasteiger partial charge >= 0.3 is 0 Å². The van der Waals surface area contributed by atoms with Gasteiger partial charge in [-0.15, -0.1) is 0 Å². The molecule has 0 atom stereocenters. The maximum Gasteiger partial charge on any atom is 0.194 e. The van der Waals surface area contributed by atoms with Crippen molar-refractivity contribution >= 4 is 16.5 Å². The predicted molar refractivity (Wildman–Crippen MR) is 236 cm³/mol. The van der Waals surface area contributed by atoms with Crippen molar-refractivity contribution in [3.8, 4) is 67.5 Å². The summed E-state index contributed by atoms with van der Waals surface area (Å²) in [7, 11) is 0. The molecule has 278 valence electrons. The lowest BCUT2D eigenvalue weighted by atomic mass is 9.48. The number of aromatic nitrogens is 3. The van der Waals surface area contributed by atoms with Gasteiger partial charge in [0, 0.05) is 16.7 Å². The van der Waals surface area contributed by atoms with E-state index in [0.29, 0.717) is 28.6 Å². The van der Waals surface area contributed by atoms with Crippen molar-refractivity contribution in [2.75, 3.05) is 0 Å². The highest BCUT2D eigenvalue weighted by atomic mass is 15.0. The van der Waals surface area contributed by atoms with E-state index < -0.39 is 0 Å². The molecule has 8 aromatic rings. The van der Waals surface area contributed by atoms with Crippen LogP contribution in [0.15, 0.2) is 164 Å². The SMILES string of the molecule is [C-]#[N+]c1cccc2cc(-c3cccc(-c4nc(-c5ccc(C67CC8CC(CC(C8)C6)C7)cc5)nc(-c5cc(-c6ccccc6)cc(-c6ccccc6)c5)n4)c3)ccc12. The Kier molecular flexibility index (Phi) is 8.36. The van der Waals surface area contributed by atoms with E-state index in [2.05, 4.69) is 157 Å². The van der Waals surface area contributed by atoms with Crippen LogP contribution in [0.4, 0.5) is 5.69 Å². The average Bonchev–Trinajstić information content (AvgIpc) is 3.28. The van der Waals surface area contributed by atoms with Gasteiger partial charge in [0.1, 0.15) is 0 Å². The van der Waals surface area contributed by atoms with Crippen LogP contribution in [-0.2, 0) is 5.41 Å². The highest BCUT2D eigenvalue weighted by Gasteiger charge is 2.51. The highest BCUT2D eigenvalue weighted by molar-refractivity contribution is 5.97. The summed E-state index contributed by atoms with van der Waals surface area (Å²) in [6.45, 7) is 7.64. The Balaban J connectivity index is 1.05. The van der Waals surface area contributed by atoms with Crippen molar-refractivity contribution in [1.82, 2.24) is 15.0 Å². The van der Waals surface area contributed by atoms with Crippen LogP contribution in [0.1, 0.15) is 44.1 Å². The van der Waals surface area contributed by atoms with Crippen LogP contribution in [0, 0.1) is 24.3 Å². The van der Waals surface area contributed by atoms with Crippen LogP contribution in [0.2, 0.25) is 0 Å². The summed E-state index contributed by atoms with van der Waals surface area (Å²) >= 11 is 0. The van der Waals surface area contributed by atoms with Crippen molar-refractivity contribution in [3.63, 3.8) is 0 Å². The quantitative estimate of drug-likeness (QED) is 0.153. The summed E-state index contributed by atoms with van der Waals surface area (Å²) in [4.78, 5) is 19.5. The molecule has 1 heterocycles. The summed E-state index contributed by atoms with van der Waals surface area (Å²) in [6.07, 6.45) is 8.35. The monoisotopic (exact) mass is 746 g/mol. The summed E-state index contributed by atoms with van der Waals surface area (Å²) < 4.78 is 0. The van der Waals surface area contributed by atoms with Gasteiger partial charge in [0.15, 0.2) is 23.2 Å². The lowest BCUT2D eigenvalue weighted by Crippen LogP contribution is -2.48. The minimum absolute atomic E-state index is 0.329. The summed E-state index contributed by atoms with van der Waals surface area (Å²) in [5, 5.41) is 2.01. The van der Waals surface area contributed by atoms with Gasteiger partial charge in [-0.3, -0.25) is 0 Å². The van der Waals surface area contributed by atoms with Gasteiger partial charge < -0.3 is 0 Å². The Morgan fingerprint density at radius 1 is 0.414 bits per heavy atom. The highest BCUT2D eigenvalue weighted by Crippen LogP contribution is 2.60. The van der Waals surface area contributed by atoms with Gasteiger partial charge in [-0.1, -0.05) is 133 Å². The third-order valence-electron chi connectivity index (χ3n) is 13.3. The number of benzene rings is 7. The molecule has 4 fully saturated rings. The van der Waals surface area contributed by atoms with Crippen LogP contribution in [0.3, 0.4) is 0 Å². The molecule has 12 rings (SSSR count). The van der Waals surface area contributed by atoms with Crippen LogP contribution >= 0.6 is 0 Å². The fraction of sp³-hybridized carbons (Fsp3) is 0.185. The molecule has 4 aliphatic rings. The second kappa shape index (κ2) is 14.0. The van der Waals surface area contributed by atoms with Gasteiger partial charge in [0.2, 0.25) is 0 Å². The molecule has 0 unspecified atom stereocenters. The van der Waals surface area contributed by atoms with Gasteiger partial charge in [-0.05, 0) is 142 Å². The van der Waals surface area contributed by atoms with Crippen LogP contribution in [0.5, 0.6) is 0 Å². The Bertz CT molecular complexity index is 2780. The molecule has 0 radical (unpaired) electrons. The molecule has 0 spiro atoms. The van der Waals surface area contributed by atoms with E-state index in [-0.39, 0.29) is 0 Å². The first-order chi connectivity index (χ1) is 28.6. The predicted octanol–water partition coefficient (Wildman–Crippen LogP) is 14.0. The van der Waals surface area contributed by atoms with E-state index in [4.69, 9.17) is 21.5 Å². The van der Waals surface area contributed by atoms with Crippen molar-refractivity contribution in [2.45, 2.75) is 43.9 Å². The molecule has 1 aromatic heterocycles. The number of hydrogen-bond acceptors (Lipinski definition) is 3. The molecule has 4 saturated carbocycles. The molecule has 4 nitrogen and oxygen atoms in total. The first-order valence-corrected chi connectivity index (χ1v) is 20.7. The lowest BCUT2D eigenvalue weighted by molar-refractivity contribution is -0.00518. The zero-order valence-corrected chi connectivity index (χ0v) is 32.4. The summed E-state index contributed by atoms with van der Waals surface area (Å²) in [5.74, 6) is 4.64. The van der Waals surface area contributed by atoms with Crippen molar-refractivity contribution in [1.29, 1.82) is 0 Å². The lowest BCUT2D eigenvalue weighted by Gasteiger charge is -2.57. The largest absolute Gasteiger partial charge is 0.238 e. The first kappa shape index (κ1) is 34.5. The third kappa shape index (κ3) is 6.28. The van der Waals surface area contributed by atoms with Gasteiger partial charge in [-0.2, -0.15) is 0 Å².